The van der Waals surface area contributed by atoms with E-state index in [-0.39, 0.29) is 21.9 Å². The number of aliphatic hydroxyl groups excluding tert-OH is 2. The molecule has 1 aromatic carbocycles. The molecule has 0 saturated carbocycles. The molecule has 110 valence electrons. The molecular weight excluding hydrogens is 304 g/mol. The van der Waals surface area contributed by atoms with Crippen molar-refractivity contribution in [2.75, 3.05) is 13.2 Å². The Hall–Kier alpha value is -1.17. The molecule has 0 aliphatic heterocycles. The zero-order valence-corrected chi connectivity index (χ0v) is 12.4. The topological polar surface area (TPSA) is 110 Å². The summed E-state index contributed by atoms with van der Waals surface area (Å²) in [5.74, 6) is 0. The molecule has 0 radical (unpaired) electrons. The van der Waals surface area contributed by atoms with Crippen molar-refractivity contribution >= 4 is 21.6 Å². The molecule has 20 heavy (non-hydrogen) atoms. The Bertz CT molecular complexity index is 613. The third-order valence-electron chi connectivity index (χ3n) is 2.99. The fourth-order valence-electron chi connectivity index (χ4n) is 1.56. The number of rotatable bonds is 6. The molecule has 0 aliphatic carbocycles. The van der Waals surface area contributed by atoms with Crippen molar-refractivity contribution in [3.8, 4) is 6.07 Å². The van der Waals surface area contributed by atoms with Crippen molar-refractivity contribution in [3.05, 3.63) is 28.8 Å². The van der Waals surface area contributed by atoms with E-state index in [1.54, 1.807) is 13.0 Å². The second-order valence-corrected chi connectivity index (χ2v) is 6.40. The van der Waals surface area contributed by atoms with Crippen LogP contribution in [0.4, 0.5) is 0 Å². The summed E-state index contributed by atoms with van der Waals surface area (Å²) in [6, 6.07) is 5.62. The van der Waals surface area contributed by atoms with Gasteiger partial charge < -0.3 is 10.2 Å². The number of nitriles is 1. The molecule has 1 aromatic rings. The third kappa shape index (κ3) is 3.48. The molecule has 6 nitrogen and oxygen atoms in total. The zero-order valence-electron chi connectivity index (χ0n) is 10.8. The van der Waals surface area contributed by atoms with Crippen LogP contribution in [0.1, 0.15) is 18.9 Å². The molecule has 0 amide bonds. The van der Waals surface area contributed by atoms with Crippen molar-refractivity contribution in [2.24, 2.45) is 0 Å². The highest BCUT2D eigenvalue weighted by atomic mass is 35.5. The number of hydrogen-bond donors (Lipinski definition) is 3. The van der Waals surface area contributed by atoms with E-state index in [0.29, 0.717) is 0 Å². The second kappa shape index (κ2) is 6.52. The predicted molar refractivity (Wildman–Crippen MR) is 73.7 cm³/mol. The van der Waals surface area contributed by atoms with Crippen LogP contribution in [0.15, 0.2) is 23.1 Å². The molecule has 1 rings (SSSR count). The number of benzene rings is 1. The Morgan fingerprint density at radius 1 is 1.40 bits per heavy atom. The monoisotopic (exact) mass is 318 g/mol. The van der Waals surface area contributed by atoms with Crippen molar-refractivity contribution in [1.82, 2.24) is 4.72 Å². The average molecular weight is 319 g/mol. The Labute approximate surface area is 122 Å². The first kappa shape index (κ1) is 16.9. The van der Waals surface area contributed by atoms with E-state index in [1.165, 1.54) is 12.1 Å². The van der Waals surface area contributed by atoms with E-state index in [1.807, 2.05) is 0 Å². The molecule has 0 fully saturated rings. The fourth-order valence-corrected chi connectivity index (χ4v) is 3.44. The lowest BCUT2D eigenvalue weighted by Gasteiger charge is -2.29. The number of aliphatic hydroxyl groups is 2. The molecule has 0 spiro atoms. The van der Waals surface area contributed by atoms with Gasteiger partial charge in [-0.05, 0) is 24.6 Å². The average Bonchev–Trinajstić information content (AvgIpc) is 2.45. The summed E-state index contributed by atoms with van der Waals surface area (Å²) in [5.41, 5.74) is -1.45. The van der Waals surface area contributed by atoms with Crippen LogP contribution in [-0.4, -0.2) is 37.4 Å². The van der Waals surface area contributed by atoms with Crippen LogP contribution in [0.5, 0.6) is 0 Å². The maximum atomic E-state index is 12.3. The summed E-state index contributed by atoms with van der Waals surface area (Å²) < 4.78 is 26.9. The Morgan fingerprint density at radius 2 is 2.00 bits per heavy atom. The van der Waals surface area contributed by atoms with Crippen LogP contribution < -0.4 is 4.72 Å². The molecule has 0 heterocycles. The number of hydrogen-bond acceptors (Lipinski definition) is 5. The first-order valence-electron chi connectivity index (χ1n) is 5.79. The molecule has 3 N–H and O–H groups in total. The van der Waals surface area contributed by atoms with Gasteiger partial charge >= 0.3 is 0 Å². The van der Waals surface area contributed by atoms with E-state index < -0.39 is 28.8 Å². The normalized spacial score (nSPS) is 12.2. The van der Waals surface area contributed by atoms with E-state index in [4.69, 9.17) is 16.9 Å². The van der Waals surface area contributed by atoms with Crippen LogP contribution in [0.2, 0.25) is 5.02 Å². The highest BCUT2D eigenvalue weighted by Gasteiger charge is 2.33. The quantitative estimate of drug-likeness (QED) is 0.712. The molecule has 0 bridgehead atoms. The lowest BCUT2D eigenvalue weighted by Crippen LogP contribution is -2.53. The molecule has 0 unspecified atom stereocenters. The minimum absolute atomic E-state index is 0.0669. The van der Waals surface area contributed by atoms with Crippen molar-refractivity contribution in [3.63, 3.8) is 0 Å². The first-order chi connectivity index (χ1) is 9.34. The fraction of sp³-hybridized carbons (Fsp3) is 0.417. The lowest BCUT2D eigenvalue weighted by atomic mass is 10.0. The van der Waals surface area contributed by atoms with Gasteiger partial charge in [0.2, 0.25) is 10.0 Å². The van der Waals surface area contributed by atoms with Gasteiger partial charge in [0.25, 0.3) is 0 Å². The van der Waals surface area contributed by atoms with Crippen LogP contribution in [0.25, 0.3) is 0 Å². The third-order valence-corrected chi connectivity index (χ3v) is 4.84. The van der Waals surface area contributed by atoms with Crippen LogP contribution in [0, 0.1) is 11.3 Å². The van der Waals surface area contributed by atoms with Crippen LogP contribution in [0.3, 0.4) is 0 Å². The summed E-state index contributed by atoms with van der Waals surface area (Å²) >= 11 is 5.75. The van der Waals surface area contributed by atoms with Gasteiger partial charge in [0.15, 0.2) is 0 Å². The summed E-state index contributed by atoms with van der Waals surface area (Å²) in [6.45, 7) is 0.488. The lowest BCUT2D eigenvalue weighted by molar-refractivity contribution is 0.105. The van der Waals surface area contributed by atoms with Crippen molar-refractivity contribution < 1.29 is 18.6 Å². The smallest absolute Gasteiger partial charge is 0.242 e. The van der Waals surface area contributed by atoms with Crippen LogP contribution in [-0.2, 0) is 10.0 Å². The first-order valence-corrected chi connectivity index (χ1v) is 7.65. The SMILES string of the molecule is CCC(CO)(CO)NS(=O)(=O)c1cc(Cl)ccc1C#N. The molecule has 0 atom stereocenters. The zero-order chi connectivity index (χ0) is 15.4. The summed E-state index contributed by atoms with van der Waals surface area (Å²) in [6.07, 6.45) is 0.182. The summed E-state index contributed by atoms with van der Waals surface area (Å²) in [7, 11) is -4.10. The van der Waals surface area contributed by atoms with Gasteiger partial charge in [-0.15, -0.1) is 0 Å². The number of sulfonamides is 1. The van der Waals surface area contributed by atoms with Gasteiger partial charge in [-0.25, -0.2) is 13.1 Å². The standard InChI is InChI=1S/C12H15ClN2O4S/c1-2-12(7-16,8-17)15-20(18,19)11-5-10(13)4-3-9(11)6-14/h3-5,15-17H,2,7-8H2,1H3. The van der Waals surface area contributed by atoms with Crippen LogP contribution >= 0.6 is 11.6 Å². The van der Waals surface area contributed by atoms with Gasteiger partial charge in [-0.3, -0.25) is 0 Å². The Morgan fingerprint density at radius 3 is 2.45 bits per heavy atom. The number of nitrogens with zero attached hydrogens (tertiary/aromatic N) is 1. The number of nitrogens with one attached hydrogen (secondary N) is 1. The number of halogens is 1. The van der Waals surface area contributed by atoms with Gasteiger partial charge in [0, 0.05) is 5.02 Å². The van der Waals surface area contributed by atoms with E-state index >= 15 is 0 Å². The van der Waals surface area contributed by atoms with E-state index in [9.17, 15) is 18.6 Å². The van der Waals surface area contributed by atoms with E-state index in [0.717, 1.165) is 6.07 Å². The van der Waals surface area contributed by atoms with Gasteiger partial charge in [-0.2, -0.15) is 5.26 Å². The molecule has 8 heteroatoms. The minimum Gasteiger partial charge on any atom is -0.394 e. The molecule has 0 saturated heterocycles. The summed E-state index contributed by atoms with van der Waals surface area (Å²) in [5, 5.41) is 27.7. The van der Waals surface area contributed by atoms with Gasteiger partial charge in [-0.1, -0.05) is 18.5 Å². The largest absolute Gasteiger partial charge is 0.394 e. The molecular formula is C12H15ClN2O4S. The van der Waals surface area contributed by atoms with Gasteiger partial charge in [0.05, 0.1) is 24.3 Å². The molecule has 0 aliphatic rings. The Kier molecular flexibility index (Phi) is 5.50. The second-order valence-electron chi connectivity index (χ2n) is 4.31. The van der Waals surface area contributed by atoms with Crippen molar-refractivity contribution in [2.45, 2.75) is 23.8 Å². The van der Waals surface area contributed by atoms with E-state index in [2.05, 4.69) is 4.72 Å². The summed E-state index contributed by atoms with van der Waals surface area (Å²) in [4.78, 5) is -0.285. The minimum atomic E-state index is -4.10. The Balaban J connectivity index is 3.31. The highest BCUT2D eigenvalue weighted by Crippen LogP contribution is 2.22. The predicted octanol–water partition coefficient (Wildman–Crippen LogP) is 0.623. The maximum absolute atomic E-state index is 12.3. The van der Waals surface area contributed by atoms with Gasteiger partial charge in [0.1, 0.15) is 11.0 Å². The highest BCUT2D eigenvalue weighted by molar-refractivity contribution is 7.89. The maximum Gasteiger partial charge on any atom is 0.242 e. The molecule has 0 aromatic heterocycles. The van der Waals surface area contributed by atoms with Crippen molar-refractivity contribution in [1.29, 1.82) is 5.26 Å².